The summed E-state index contributed by atoms with van der Waals surface area (Å²) in [7, 11) is -0.419. The summed E-state index contributed by atoms with van der Waals surface area (Å²) in [6, 6.07) is 7.45. The molecule has 25 heavy (non-hydrogen) atoms. The highest BCUT2D eigenvalue weighted by atomic mass is 16.7. The molecule has 0 aliphatic carbocycles. The van der Waals surface area contributed by atoms with E-state index in [1.54, 1.807) is 0 Å². The average Bonchev–Trinajstić information content (AvgIpc) is 2.75. The van der Waals surface area contributed by atoms with Crippen LogP contribution in [0.1, 0.15) is 46.2 Å². The highest BCUT2D eigenvalue weighted by Crippen LogP contribution is 2.36. The highest BCUT2D eigenvalue weighted by Gasteiger charge is 2.51. The third kappa shape index (κ3) is 3.41. The first-order chi connectivity index (χ1) is 11.6. The molecule has 6 nitrogen and oxygen atoms in total. The van der Waals surface area contributed by atoms with Crippen LogP contribution in [-0.2, 0) is 14.0 Å². The lowest BCUT2D eigenvalue weighted by molar-refractivity contribution is -0.0465. The van der Waals surface area contributed by atoms with E-state index in [0.717, 1.165) is 11.0 Å². The van der Waals surface area contributed by atoms with E-state index in [1.165, 1.54) is 4.90 Å². The highest BCUT2D eigenvalue weighted by molar-refractivity contribution is 6.62. The molecule has 2 heterocycles. The second kappa shape index (κ2) is 6.30. The van der Waals surface area contributed by atoms with Gasteiger partial charge in [-0.15, -0.1) is 0 Å². The van der Waals surface area contributed by atoms with Gasteiger partial charge in [0.15, 0.2) is 0 Å². The topological polar surface area (TPSA) is 68.2 Å². The number of rotatable bonds is 2. The van der Waals surface area contributed by atoms with E-state index in [9.17, 15) is 9.90 Å². The van der Waals surface area contributed by atoms with Crippen LogP contribution in [0.5, 0.6) is 0 Å². The summed E-state index contributed by atoms with van der Waals surface area (Å²) in [4.78, 5) is 13.0. The molecule has 0 bridgehead atoms. The number of hydrogen-bond donors (Lipinski definition) is 1. The standard InChI is InChI=1S/C18H26BNO5/c1-12-10-20(16(21)22)15(11-23-12)13-6-8-14(9-7-13)19-24-17(2,3)18(4,5)25-19/h6-9,12,15H,10-11H2,1-5H3,(H,21,22)/t12-,15-/m1/s1. The number of carbonyl (C=O) groups is 1. The molecular weight excluding hydrogens is 321 g/mol. The van der Waals surface area contributed by atoms with Gasteiger partial charge in [-0.05, 0) is 45.6 Å². The zero-order chi connectivity index (χ0) is 18.4. The Morgan fingerprint density at radius 1 is 1.16 bits per heavy atom. The fraction of sp³-hybridized carbons (Fsp3) is 0.611. The van der Waals surface area contributed by atoms with Gasteiger partial charge in [0, 0.05) is 0 Å². The minimum atomic E-state index is -0.921. The fourth-order valence-electron chi connectivity index (χ4n) is 3.14. The first kappa shape index (κ1) is 18.2. The van der Waals surface area contributed by atoms with Crippen LogP contribution in [0.4, 0.5) is 4.79 Å². The van der Waals surface area contributed by atoms with Gasteiger partial charge in [-0.1, -0.05) is 24.3 Å². The molecule has 1 aromatic rings. The normalized spacial score (nSPS) is 28.2. The summed E-state index contributed by atoms with van der Waals surface area (Å²) < 4.78 is 17.8. The molecule has 3 rings (SSSR count). The minimum Gasteiger partial charge on any atom is -0.465 e. The van der Waals surface area contributed by atoms with Gasteiger partial charge in [0.25, 0.3) is 0 Å². The maximum Gasteiger partial charge on any atom is 0.494 e. The molecule has 0 spiro atoms. The Kier molecular flexibility index (Phi) is 4.60. The predicted molar refractivity (Wildman–Crippen MR) is 95.0 cm³/mol. The molecule has 136 valence electrons. The summed E-state index contributed by atoms with van der Waals surface area (Å²) in [6.45, 7) is 10.7. The quantitative estimate of drug-likeness (QED) is 0.833. The molecule has 1 amide bonds. The Morgan fingerprint density at radius 2 is 1.72 bits per heavy atom. The van der Waals surface area contributed by atoms with Gasteiger partial charge < -0.3 is 19.2 Å². The Hall–Kier alpha value is -1.57. The van der Waals surface area contributed by atoms with Gasteiger partial charge in [-0.2, -0.15) is 0 Å². The zero-order valence-electron chi connectivity index (χ0n) is 15.5. The van der Waals surface area contributed by atoms with Gasteiger partial charge >= 0.3 is 13.2 Å². The Balaban J connectivity index is 1.78. The Bertz CT molecular complexity index is 629. The molecule has 2 aliphatic heterocycles. The van der Waals surface area contributed by atoms with Crippen molar-refractivity contribution >= 4 is 18.7 Å². The lowest BCUT2D eigenvalue weighted by atomic mass is 9.78. The van der Waals surface area contributed by atoms with Gasteiger partial charge in [-0.25, -0.2) is 4.79 Å². The number of carboxylic acid groups (broad SMARTS) is 1. The molecule has 2 fully saturated rings. The molecular formula is C18H26BNO5. The van der Waals surface area contributed by atoms with Gasteiger partial charge in [-0.3, -0.25) is 4.90 Å². The number of benzene rings is 1. The first-order valence-corrected chi connectivity index (χ1v) is 8.67. The van der Waals surface area contributed by atoms with Crippen LogP contribution in [0.15, 0.2) is 24.3 Å². The molecule has 1 N–H and O–H groups in total. The van der Waals surface area contributed by atoms with Crippen molar-refractivity contribution in [3.63, 3.8) is 0 Å². The summed E-state index contributed by atoms with van der Waals surface area (Å²) in [5, 5.41) is 9.46. The third-order valence-corrected chi connectivity index (χ3v) is 5.46. The van der Waals surface area contributed by atoms with Crippen molar-refractivity contribution in [2.24, 2.45) is 0 Å². The van der Waals surface area contributed by atoms with Crippen molar-refractivity contribution in [3.8, 4) is 0 Å². The Morgan fingerprint density at radius 3 is 2.24 bits per heavy atom. The molecule has 2 atom stereocenters. The van der Waals surface area contributed by atoms with E-state index < -0.39 is 13.2 Å². The van der Waals surface area contributed by atoms with Crippen LogP contribution in [0.2, 0.25) is 0 Å². The summed E-state index contributed by atoms with van der Waals surface area (Å²) in [5.41, 5.74) is 1.07. The molecule has 0 aromatic heterocycles. The molecule has 0 unspecified atom stereocenters. The first-order valence-electron chi connectivity index (χ1n) is 8.67. The van der Waals surface area contributed by atoms with Crippen molar-refractivity contribution in [2.75, 3.05) is 13.2 Å². The maximum absolute atomic E-state index is 11.5. The molecule has 1 aromatic carbocycles. The lowest BCUT2D eigenvalue weighted by Crippen LogP contribution is -2.46. The summed E-state index contributed by atoms with van der Waals surface area (Å²) >= 11 is 0. The number of ether oxygens (including phenoxy) is 1. The van der Waals surface area contributed by atoms with Crippen molar-refractivity contribution in [1.82, 2.24) is 4.90 Å². The molecule has 0 radical (unpaired) electrons. The smallest absolute Gasteiger partial charge is 0.465 e. The van der Waals surface area contributed by atoms with Gasteiger partial charge in [0.05, 0.1) is 36.5 Å². The monoisotopic (exact) mass is 347 g/mol. The molecule has 2 saturated heterocycles. The van der Waals surface area contributed by atoms with Gasteiger partial charge in [0.1, 0.15) is 0 Å². The third-order valence-electron chi connectivity index (χ3n) is 5.46. The summed E-state index contributed by atoms with van der Waals surface area (Å²) in [5.74, 6) is 0. The van der Waals surface area contributed by atoms with Crippen LogP contribution in [0.25, 0.3) is 0 Å². The minimum absolute atomic E-state index is 0.0867. The van der Waals surface area contributed by atoms with Crippen molar-refractivity contribution in [3.05, 3.63) is 29.8 Å². The maximum atomic E-state index is 11.5. The van der Waals surface area contributed by atoms with E-state index in [4.69, 9.17) is 14.0 Å². The van der Waals surface area contributed by atoms with Crippen molar-refractivity contribution in [2.45, 2.75) is 58.0 Å². The Labute approximate surface area is 149 Å². The number of hydrogen-bond acceptors (Lipinski definition) is 4. The fourth-order valence-corrected chi connectivity index (χ4v) is 3.14. The molecule has 7 heteroatoms. The van der Waals surface area contributed by atoms with Crippen molar-refractivity contribution < 1.29 is 23.9 Å². The van der Waals surface area contributed by atoms with E-state index in [1.807, 2.05) is 58.9 Å². The SMILES string of the molecule is C[C@@H]1CN(C(=O)O)[C@@H](c2ccc(B3OC(C)(C)C(C)(C)O3)cc2)CO1. The van der Waals surface area contributed by atoms with Gasteiger partial charge in [0.2, 0.25) is 0 Å². The second-order valence-electron chi connectivity index (χ2n) is 7.85. The molecule has 2 aliphatic rings. The number of amides is 1. The number of morpholine rings is 1. The number of nitrogens with zero attached hydrogens (tertiary/aromatic N) is 1. The van der Waals surface area contributed by atoms with Crippen LogP contribution in [-0.4, -0.2) is 53.7 Å². The van der Waals surface area contributed by atoms with Crippen molar-refractivity contribution in [1.29, 1.82) is 0 Å². The predicted octanol–water partition coefficient (Wildman–Crippen LogP) is 2.43. The van der Waals surface area contributed by atoms with Crippen LogP contribution in [0.3, 0.4) is 0 Å². The van der Waals surface area contributed by atoms with Crippen LogP contribution in [0, 0.1) is 0 Å². The van der Waals surface area contributed by atoms with E-state index in [2.05, 4.69) is 0 Å². The average molecular weight is 347 g/mol. The zero-order valence-corrected chi connectivity index (χ0v) is 15.5. The molecule has 0 saturated carbocycles. The van der Waals surface area contributed by atoms with E-state index >= 15 is 0 Å². The van der Waals surface area contributed by atoms with E-state index in [0.29, 0.717) is 13.2 Å². The largest absolute Gasteiger partial charge is 0.494 e. The van der Waals surface area contributed by atoms with Crippen LogP contribution < -0.4 is 5.46 Å². The van der Waals surface area contributed by atoms with Crippen LogP contribution >= 0.6 is 0 Å². The second-order valence-corrected chi connectivity index (χ2v) is 7.85. The lowest BCUT2D eigenvalue weighted by Gasteiger charge is -2.37. The van der Waals surface area contributed by atoms with E-state index in [-0.39, 0.29) is 23.3 Å². The summed E-state index contributed by atoms with van der Waals surface area (Å²) in [6.07, 6.45) is -1.01.